The van der Waals surface area contributed by atoms with Gasteiger partial charge in [0.1, 0.15) is 11.9 Å². The molecule has 1 aromatic heterocycles. The van der Waals surface area contributed by atoms with E-state index in [1.807, 2.05) is 60.7 Å². The van der Waals surface area contributed by atoms with E-state index in [1.54, 1.807) is 17.8 Å². The van der Waals surface area contributed by atoms with Crippen LogP contribution in [-0.4, -0.2) is 53.2 Å². The Morgan fingerprint density at radius 2 is 1.59 bits per heavy atom. The maximum atomic E-state index is 13.1. The number of fused-ring (bicyclic) bond motifs is 1. The molecule has 49 heavy (non-hydrogen) atoms. The van der Waals surface area contributed by atoms with E-state index in [1.165, 1.54) is 24.1 Å². The van der Waals surface area contributed by atoms with Crippen LogP contribution in [0.2, 0.25) is 0 Å². The molecule has 4 aromatic rings. The summed E-state index contributed by atoms with van der Waals surface area (Å²) in [6.07, 6.45) is -1.45. The Hall–Kier alpha value is -5.72. The van der Waals surface area contributed by atoms with Crippen LogP contribution in [0, 0.1) is 0 Å². The second kappa shape index (κ2) is 15.0. The zero-order valence-corrected chi connectivity index (χ0v) is 26.8. The molecule has 3 aromatic carbocycles. The van der Waals surface area contributed by atoms with Gasteiger partial charge in [0, 0.05) is 41.8 Å². The van der Waals surface area contributed by atoms with Crippen LogP contribution >= 0.6 is 0 Å². The molecule has 2 N–H and O–H groups in total. The van der Waals surface area contributed by atoms with Gasteiger partial charge in [0.2, 0.25) is 5.91 Å². The molecule has 1 unspecified atom stereocenters. The number of rotatable bonds is 8. The van der Waals surface area contributed by atoms with Crippen LogP contribution in [0.4, 0.5) is 19.0 Å². The first-order valence-corrected chi connectivity index (χ1v) is 15.6. The molecule has 0 saturated carbocycles. The van der Waals surface area contributed by atoms with E-state index in [-0.39, 0.29) is 23.8 Å². The van der Waals surface area contributed by atoms with Crippen LogP contribution in [0.25, 0.3) is 5.69 Å². The molecule has 13 heteroatoms. The Balaban J connectivity index is 0.000000221. The van der Waals surface area contributed by atoms with Crippen molar-refractivity contribution in [3.05, 3.63) is 125 Å². The van der Waals surface area contributed by atoms with Crippen LogP contribution in [-0.2, 0) is 38.3 Å². The summed E-state index contributed by atoms with van der Waals surface area (Å²) in [4.78, 5) is 50.4. The summed E-state index contributed by atoms with van der Waals surface area (Å²) in [5.41, 5.74) is 2.57. The highest BCUT2D eigenvalue weighted by atomic mass is 19.4. The fraction of sp³-hybridized carbons (Fsp3) is 0.250. The van der Waals surface area contributed by atoms with Crippen molar-refractivity contribution in [2.24, 2.45) is 0 Å². The number of likely N-dealkylation sites (N-methyl/N-ethyl adjacent to an activating group) is 1. The van der Waals surface area contributed by atoms with E-state index in [2.05, 4.69) is 20.5 Å². The van der Waals surface area contributed by atoms with Gasteiger partial charge in [-0.05, 0) is 55.7 Å². The van der Waals surface area contributed by atoms with Crippen LogP contribution in [0.5, 0.6) is 0 Å². The normalized spacial score (nSPS) is 15.3. The van der Waals surface area contributed by atoms with E-state index in [0.717, 1.165) is 28.9 Å². The zero-order chi connectivity index (χ0) is 35.1. The number of amides is 3. The quantitative estimate of drug-likeness (QED) is 0.249. The monoisotopic (exact) mass is 673 g/mol. The first-order chi connectivity index (χ1) is 23.5. The van der Waals surface area contributed by atoms with Crippen molar-refractivity contribution < 1.29 is 37.1 Å². The largest absolute Gasteiger partial charge is 0.466 e. The lowest BCUT2D eigenvalue weighted by atomic mass is 9.88. The molecule has 0 radical (unpaired) electrons. The Kier molecular flexibility index (Phi) is 10.6. The van der Waals surface area contributed by atoms with E-state index in [9.17, 15) is 32.3 Å². The number of nitrogens with one attached hydrogen (secondary N) is 2. The number of para-hydroxylation sites is 1. The number of esters is 1. The summed E-state index contributed by atoms with van der Waals surface area (Å²) in [6.45, 7) is 2.62. The van der Waals surface area contributed by atoms with E-state index >= 15 is 0 Å². The Labute approximate surface area is 280 Å². The molecule has 10 nitrogen and oxygen atoms in total. The molecule has 1 aliphatic carbocycles. The number of anilines is 1. The predicted molar refractivity (Wildman–Crippen MR) is 175 cm³/mol. The van der Waals surface area contributed by atoms with Crippen molar-refractivity contribution in [1.82, 2.24) is 20.4 Å². The number of ether oxygens (including phenoxy) is 1. The minimum Gasteiger partial charge on any atom is -0.466 e. The standard InChI is InChI=1S/C22H19F3N4O2.C14H15NO3/c1-2-28-20-15(13-26-29(20)17-9-4-3-5-10-17)12-18(21(28)31)27-19(30)14-7-6-8-16(11-14)22(23,24)25;1-18-14(17)12-8-7-11(12)13(16)15-9-10-5-3-2-4-6-10/h3-11,13,18H,2,12H2,1H3,(H,27,30);2-6H,7-9H2,1H3,(H,15,16). The third-order valence-electron chi connectivity index (χ3n) is 8.13. The van der Waals surface area contributed by atoms with Gasteiger partial charge in [-0.25, -0.2) is 9.48 Å². The third kappa shape index (κ3) is 7.88. The van der Waals surface area contributed by atoms with Crippen molar-refractivity contribution in [2.45, 2.75) is 44.9 Å². The second-order valence-electron chi connectivity index (χ2n) is 11.2. The van der Waals surface area contributed by atoms with Crippen LogP contribution in [0.3, 0.4) is 0 Å². The number of methoxy groups -OCH3 is 1. The minimum atomic E-state index is -4.56. The number of hydrogen-bond acceptors (Lipinski definition) is 6. The highest BCUT2D eigenvalue weighted by Gasteiger charge is 2.37. The van der Waals surface area contributed by atoms with Gasteiger partial charge in [0.25, 0.3) is 11.8 Å². The number of benzene rings is 3. The molecule has 2 heterocycles. The lowest BCUT2D eigenvalue weighted by Crippen LogP contribution is -2.53. The number of hydrogen-bond donors (Lipinski definition) is 2. The fourth-order valence-electron chi connectivity index (χ4n) is 5.52. The SMILES string of the molecule is CCN1C(=O)C(NC(=O)c2cccc(C(F)(F)F)c2)Cc2cnn(-c3ccccc3)c21.COC(=O)C1=C(C(=O)NCc2ccccc2)CC1. The lowest BCUT2D eigenvalue weighted by Gasteiger charge is -2.32. The van der Waals surface area contributed by atoms with Gasteiger partial charge < -0.3 is 15.4 Å². The number of aromatic nitrogens is 2. The molecular formula is C36H34F3N5O5. The first kappa shape index (κ1) is 34.6. The van der Waals surface area contributed by atoms with Crippen LogP contribution in [0.1, 0.15) is 46.8 Å². The highest BCUT2D eigenvalue weighted by Crippen LogP contribution is 2.32. The summed E-state index contributed by atoms with van der Waals surface area (Å²) in [7, 11) is 1.33. The summed E-state index contributed by atoms with van der Waals surface area (Å²) in [5, 5.41) is 9.78. The van der Waals surface area contributed by atoms with Gasteiger partial charge in [-0.3, -0.25) is 19.3 Å². The highest BCUT2D eigenvalue weighted by molar-refractivity contribution is 6.05. The predicted octanol–water partition coefficient (Wildman–Crippen LogP) is 5.16. The van der Waals surface area contributed by atoms with Gasteiger partial charge in [0.05, 0.1) is 24.6 Å². The molecular weight excluding hydrogens is 639 g/mol. The maximum absolute atomic E-state index is 13.1. The minimum absolute atomic E-state index is 0.156. The Morgan fingerprint density at radius 1 is 0.918 bits per heavy atom. The van der Waals surface area contributed by atoms with E-state index in [4.69, 9.17) is 0 Å². The van der Waals surface area contributed by atoms with Gasteiger partial charge in [-0.2, -0.15) is 18.3 Å². The molecule has 2 aliphatic rings. The van der Waals surface area contributed by atoms with E-state index in [0.29, 0.717) is 42.9 Å². The number of carbonyl (C=O) groups excluding carboxylic acids is 4. The number of nitrogens with zero attached hydrogens (tertiary/aromatic N) is 3. The molecule has 0 spiro atoms. The van der Waals surface area contributed by atoms with Gasteiger partial charge in [0.15, 0.2) is 0 Å². The average molecular weight is 674 g/mol. The molecule has 1 aliphatic heterocycles. The molecule has 3 amide bonds. The number of alkyl halides is 3. The summed E-state index contributed by atoms with van der Waals surface area (Å²) < 4.78 is 45.2. The van der Waals surface area contributed by atoms with Crippen molar-refractivity contribution in [2.75, 3.05) is 18.6 Å². The van der Waals surface area contributed by atoms with E-state index < -0.39 is 29.7 Å². The Morgan fingerprint density at radius 3 is 2.20 bits per heavy atom. The fourth-order valence-corrected chi connectivity index (χ4v) is 5.52. The topological polar surface area (TPSA) is 123 Å². The summed E-state index contributed by atoms with van der Waals surface area (Å²) >= 11 is 0. The van der Waals surface area contributed by atoms with Crippen molar-refractivity contribution in [3.8, 4) is 5.69 Å². The van der Waals surface area contributed by atoms with Gasteiger partial charge in [-0.1, -0.05) is 54.6 Å². The van der Waals surface area contributed by atoms with Gasteiger partial charge >= 0.3 is 12.1 Å². The van der Waals surface area contributed by atoms with Crippen molar-refractivity contribution in [3.63, 3.8) is 0 Å². The maximum Gasteiger partial charge on any atom is 0.416 e. The number of halogens is 3. The molecule has 1 atom stereocenters. The second-order valence-corrected chi connectivity index (χ2v) is 11.2. The first-order valence-electron chi connectivity index (χ1n) is 15.6. The third-order valence-corrected chi connectivity index (χ3v) is 8.13. The van der Waals surface area contributed by atoms with Crippen LogP contribution < -0.4 is 15.5 Å². The smallest absolute Gasteiger partial charge is 0.416 e. The zero-order valence-electron chi connectivity index (χ0n) is 26.8. The molecule has 0 saturated heterocycles. The molecule has 0 bridgehead atoms. The van der Waals surface area contributed by atoms with Gasteiger partial charge in [-0.15, -0.1) is 0 Å². The van der Waals surface area contributed by atoms with Crippen molar-refractivity contribution in [1.29, 1.82) is 0 Å². The Bertz CT molecular complexity index is 1870. The summed E-state index contributed by atoms with van der Waals surface area (Å²) in [6, 6.07) is 22.2. The molecule has 6 rings (SSSR count). The number of carbonyl (C=O) groups is 4. The van der Waals surface area contributed by atoms with Crippen LogP contribution in [0.15, 0.2) is 102 Å². The average Bonchev–Trinajstić information content (AvgIpc) is 3.51. The summed E-state index contributed by atoms with van der Waals surface area (Å²) in [5.74, 6) is -1.02. The van der Waals surface area contributed by atoms with Crippen molar-refractivity contribution >= 4 is 29.5 Å². The molecule has 254 valence electrons. The lowest BCUT2D eigenvalue weighted by molar-refractivity contribution is -0.138. The molecule has 0 fully saturated rings.